The summed E-state index contributed by atoms with van der Waals surface area (Å²) < 4.78 is 31.5. The van der Waals surface area contributed by atoms with Gasteiger partial charge in [0.2, 0.25) is 10.0 Å². The molecule has 2 aliphatic rings. The van der Waals surface area contributed by atoms with Crippen molar-refractivity contribution in [2.45, 2.75) is 16.9 Å². The van der Waals surface area contributed by atoms with Crippen molar-refractivity contribution in [1.82, 2.24) is 9.21 Å². The van der Waals surface area contributed by atoms with E-state index in [1.165, 1.54) is 62.3 Å². The largest absolute Gasteiger partial charge is 0.507 e. The van der Waals surface area contributed by atoms with Gasteiger partial charge in [0.1, 0.15) is 5.76 Å². The summed E-state index contributed by atoms with van der Waals surface area (Å²) in [5.41, 5.74) is -1.42. The van der Waals surface area contributed by atoms with Crippen molar-refractivity contribution in [3.8, 4) is 0 Å². The van der Waals surface area contributed by atoms with Gasteiger partial charge in [0.15, 0.2) is 5.54 Å². The number of ketones is 1. The van der Waals surface area contributed by atoms with Crippen molar-refractivity contribution >= 4 is 39.1 Å². The van der Waals surface area contributed by atoms with Crippen LogP contribution in [0.15, 0.2) is 59.0 Å². The number of likely N-dealkylation sites (N-methyl/N-ethyl adjacent to an activating group) is 1. The Balaban J connectivity index is 2.01. The maximum absolute atomic E-state index is 13.9. The highest BCUT2D eigenvalue weighted by Crippen LogP contribution is 2.53. The third-order valence-corrected chi connectivity index (χ3v) is 8.37. The number of carbonyl (C=O) groups excluding carboxylic acids is 3. The topological polar surface area (TPSA) is 125 Å². The molecule has 1 spiro atoms. The highest BCUT2D eigenvalue weighted by atomic mass is 32.2. The number of anilines is 1. The Bertz CT molecular complexity index is 1400. The molecule has 1 N–H and O–H groups in total. The second-order valence-corrected chi connectivity index (χ2v) is 10.9. The molecule has 4 rings (SSSR count). The monoisotopic (exact) mass is 513 g/mol. The fourth-order valence-corrected chi connectivity index (χ4v) is 5.75. The molecule has 2 amide bonds. The van der Waals surface area contributed by atoms with Crippen LogP contribution in [0.1, 0.15) is 17.5 Å². The second kappa shape index (κ2) is 9.16. The van der Waals surface area contributed by atoms with E-state index < -0.39 is 44.5 Å². The number of methoxy groups -OCH3 is 1. The molecule has 0 unspecified atom stereocenters. The third kappa shape index (κ3) is 3.54. The number of aliphatic hydroxyl groups is 1. The maximum atomic E-state index is 13.9. The van der Waals surface area contributed by atoms with Gasteiger partial charge in [-0.25, -0.2) is 12.7 Å². The summed E-state index contributed by atoms with van der Waals surface area (Å²) in [6, 6.07) is 12.2. The SMILES string of the molecule is COCCCN1C(=O)C(=O)/C(=C(/O)c2cccc(S(=O)(=O)N(C)C)c2)[C@]12C(=O)N(C)c1ccccc12. The fraction of sp³-hybridized carbons (Fsp3) is 0.320. The number of ether oxygens (including phenoxy) is 1. The molecule has 10 nitrogen and oxygen atoms in total. The predicted octanol–water partition coefficient (Wildman–Crippen LogP) is 1.53. The van der Waals surface area contributed by atoms with Crippen LogP contribution in [0.25, 0.3) is 5.76 Å². The summed E-state index contributed by atoms with van der Waals surface area (Å²) in [5, 5.41) is 11.5. The summed E-state index contributed by atoms with van der Waals surface area (Å²) in [4.78, 5) is 43.0. The molecule has 2 aliphatic heterocycles. The Hall–Kier alpha value is -3.54. The molecular formula is C25H27N3O7S. The van der Waals surface area contributed by atoms with Crippen molar-refractivity contribution in [3.05, 3.63) is 65.2 Å². The zero-order valence-electron chi connectivity index (χ0n) is 20.4. The number of para-hydroxylation sites is 1. The number of sulfonamides is 1. The van der Waals surface area contributed by atoms with Crippen LogP contribution >= 0.6 is 0 Å². The van der Waals surface area contributed by atoms with E-state index in [1.54, 1.807) is 24.3 Å². The van der Waals surface area contributed by atoms with Crippen LogP contribution in [-0.2, 0) is 34.7 Å². The van der Waals surface area contributed by atoms with Crippen molar-refractivity contribution < 1.29 is 32.6 Å². The number of benzene rings is 2. The van der Waals surface area contributed by atoms with Crippen LogP contribution in [0.5, 0.6) is 0 Å². The number of carbonyl (C=O) groups is 3. The molecule has 2 aromatic carbocycles. The molecule has 2 heterocycles. The van der Waals surface area contributed by atoms with Crippen LogP contribution in [0.2, 0.25) is 0 Å². The van der Waals surface area contributed by atoms with E-state index in [9.17, 15) is 27.9 Å². The van der Waals surface area contributed by atoms with E-state index in [0.29, 0.717) is 17.7 Å². The second-order valence-electron chi connectivity index (χ2n) is 8.76. The summed E-state index contributed by atoms with van der Waals surface area (Å²) >= 11 is 0. The lowest BCUT2D eigenvalue weighted by Crippen LogP contribution is -2.51. The van der Waals surface area contributed by atoms with Crippen LogP contribution in [-0.4, -0.2) is 81.7 Å². The van der Waals surface area contributed by atoms with Crippen molar-refractivity contribution in [2.24, 2.45) is 0 Å². The van der Waals surface area contributed by atoms with Crippen LogP contribution in [0.4, 0.5) is 5.69 Å². The van der Waals surface area contributed by atoms with Gasteiger partial charge in [-0.15, -0.1) is 0 Å². The Labute approximate surface area is 209 Å². The summed E-state index contributed by atoms with van der Waals surface area (Å²) in [6.07, 6.45) is 0.348. The van der Waals surface area contributed by atoms with Gasteiger partial charge in [-0.05, 0) is 24.6 Å². The molecule has 0 bridgehead atoms. The van der Waals surface area contributed by atoms with Gasteiger partial charge in [-0.1, -0.05) is 30.3 Å². The number of fused-ring (bicyclic) bond motifs is 2. The number of aliphatic hydroxyl groups excluding tert-OH is 1. The molecule has 1 saturated heterocycles. The number of likely N-dealkylation sites (tertiary alicyclic amines) is 1. The van der Waals surface area contributed by atoms with Gasteiger partial charge in [0.25, 0.3) is 17.6 Å². The lowest BCUT2D eigenvalue weighted by molar-refractivity contribution is -0.143. The van der Waals surface area contributed by atoms with E-state index in [-0.39, 0.29) is 23.6 Å². The van der Waals surface area contributed by atoms with Crippen molar-refractivity contribution in [2.75, 3.05) is 46.3 Å². The number of nitrogens with zero attached hydrogens (tertiary/aromatic N) is 3. The standard InChI is InChI=1S/C25H27N3O7S/c1-26(2)36(33,34)17-10-7-9-16(15-17)21(29)20-22(30)23(31)28(13-8-14-35-4)25(20)18-11-5-6-12-19(18)27(3)24(25)32/h5-7,9-12,15,29H,8,13-14H2,1-4H3/b21-20-/t25-/m1/s1. The molecule has 1 atom stereocenters. The maximum Gasteiger partial charge on any atom is 0.296 e. The molecule has 0 aromatic heterocycles. The molecule has 11 heteroatoms. The normalized spacial score (nSPS) is 21.2. The molecular weight excluding hydrogens is 486 g/mol. The summed E-state index contributed by atoms with van der Waals surface area (Å²) in [7, 11) is 1.93. The third-order valence-electron chi connectivity index (χ3n) is 6.56. The first-order valence-electron chi connectivity index (χ1n) is 11.2. The number of hydrogen-bond acceptors (Lipinski definition) is 7. The minimum Gasteiger partial charge on any atom is -0.507 e. The smallest absolute Gasteiger partial charge is 0.296 e. The van der Waals surface area contributed by atoms with E-state index in [2.05, 4.69) is 0 Å². The van der Waals surface area contributed by atoms with E-state index in [4.69, 9.17) is 4.74 Å². The Morgan fingerprint density at radius 3 is 2.44 bits per heavy atom. The Morgan fingerprint density at radius 1 is 1.08 bits per heavy atom. The predicted molar refractivity (Wildman–Crippen MR) is 132 cm³/mol. The highest BCUT2D eigenvalue weighted by Gasteiger charge is 2.66. The van der Waals surface area contributed by atoms with Crippen LogP contribution in [0, 0.1) is 0 Å². The number of Topliss-reactive ketones (excluding diaryl/α,β-unsaturated/α-hetero) is 1. The van der Waals surface area contributed by atoms with E-state index >= 15 is 0 Å². The van der Waals surface area contributed by atoms with Crippen LogP contribution in [0.3, 0.4) is 0 Å². The average molecular weight is 514 g/mol. The van der Waals surface area contributed by atoms with E-state index in [1.807, 2.05) is 0 Å². The van der Waals surface area contributed by atoms with Gasteiger partial charge in [0, 0.05) is 58.2 Å². The van der Waals surface area contributed by atoms with Gasteiger partial charge >= 0.3 is 0 Å². The molecule has 0 aliphatic carbocycles. The summed E-state index contributed by atoms with van der Waals surface area (Å²) in [6.45, 7) is 0.313. The Morgan fingerprint density at radius 2 is 1.78 bits per heavy atom. The van der Waals surface area contributed by atoms with Crippen LogP contribution < -0.4 is 4.90 Å². The minimum atomic E-state index is -3.85. The number of rotatable bonds is 7. The molecule has 0 radical (unpaired) electrons. The molecule has 2 aromatic rings. The molecule has 36 heavy (non-hydrogen) atoms. The van der Waals surface area contributed by atoms with Gasteiger partial charge in [-0.3, -0.25) is 14.4 Å². The molecule has 0 saturated carbocycles. The Kier molecular flexibility index (Phi) is 6.50. The number of hydrogen-bond donors (Lipinski definition) is 1. The zero-order chi connectivity index (χ0) is 26.4. The summed E-state index contributed by atoms with van der Waals surface area (Å²) in [5.74, 6) is -3.15. The fourth-order valence-electron chi connectivity index (χ4n) is 4.80. The lowest BCUT2D eigenvalue weighted by Gasteiger charge is -2.34. The first kappa shape index (κ1) is 25.5. The minimum absolute atomic E-state index is 0.00738. The van der Waals surface area contributed by atoms with E-state index in [0.717, 1.165) is 4.31 Å². The lowest BCUT2D eigenvalue weighted by atomic mass is 9.82. The molecule has 1 fully saturated rings. The zero-order valence-corrected chi connectivity index (χ0v) is 21.2. The number of amides is 2. The van der Waals surface area contributed by atoms with Crippen molar-refractivity contribution in [3.63, 3.8) is 0 Å². The van der Waals surface area contributed by atoms with Gasteiger partial charge < -0.3 is 19.6 Å². The quantitative estimate of drug-likeness (QED) is 0.258. The first-order valence-corrected chi connectivity index (χ1v) is 12.6. The van der Waals surface area contributed by atoms with Gasteiger partial charge in [-0.2, -0.15) is 0 Å². The highest BCUT2D eigenvalue weighted by molar-refractivity contribution is 7.89. The van der Waals surface area contributed by atoms with Gasteiger partial charge in [0.05, 0.1) is 10.5 Å². The molecule has 190 valence electrons. The van der Waals surface area contributed by atoms with Crippen molar-refractivity contribution in [1.29, 1.82) is 0 Å². The average Bonchev–Trinajstić information content (AvgIpc) is 3.22. The first-order chi connectivity index (χ1) is 17.0.